The summed E-state index contributed by atoms with van der Waals surface area (Å²) in [5.74, 6) is 0. The van der Waals surface area contributed by atoms with Crippen LogP contribution >= 0.6 is 0 Å². The van der Waals surface area contributed by atoms with Crippen LogP contribution in [-0.4, -0.2) is 4.66 Å². The van der Waals surface area contributed by atoms with Crippen molar-refractivity contribution in [1.82, 2.24) is 0 Å². The van der Waals surface area contributed by atoms with E-state index < -0.39 is 10.2 Å². The SMILES string of the molecule is [La].[O-][Cl+3]([O-])([O-])O. The summed E-state index contributed by atoms with van der Waals surface area (Å²) in [6.07, 6.45) is 0. The second-order valence-corrected chi connectivity index (χ2v) is 1.19. The van der Waals surface area contributed by atoms with Gasteiger partial charge in [0.2, 0.25) is 0 Å². The molecule has 1 N–H and O–H groups in total. The Morgan fingerprint density at radius 1 is 1.17 bits per heavy atom. The summed E-state index contributed by atoms with van der Waals surface area (Å²) < 4.78 is 32.7. The Morgan fingerprint density at radius 2 is 1.17 bits per heavy atom. The van der Waals surface area contributed by atoms with Gasteiger partial charge in [-0.15, -0.1) is 0 Å². The smallest absolute Gasteiger partial charge is 0.0777 e. The van der Waals surface area contributed by atoms with Gasteiger partial charge in [-0.3, -0.25) is 0 Å². The number of hydrogen-bond donors (Lipinski definition) is 1. The minimum atomic E-state index is -4.69. The first-order valence-corrected chi connectivity index (χ1v) is 1.90. The van der Waals surface area contributed by atoms with Crippen LogP contribution in [0.15, 0.2) is 0 Å². The molecule has 0 heterocycles. The summed E-state index contributed by atoms with van der Waals surface area (Å²) in [5.41, 5.74) is 0. The van der Waals surface area contributed by atoms with E-state index in [4.69, 9.17) is 18.6 Å². The Hall–Kier alpha value is 1.32. The summed E-state index contributed by atoms with van der Waals surface area (Å²) in [7, 11) is -4.69. The molecule has 0 saturated heterocycles. The molecule has 0 aliphatic heterocycles. The fourth-order valence-corrected chi connectivity index (χ4v) is 0. The molecule has 35 valence electrons. The maximum Gasteiger partial charge on any atom is 0.0777 e. The van der Waals surface area contributed by atoms with Crippen molar-refractivity contribution in [2.45, 2.75) is 0 Å². The van der Waals surface area contributed by atoms with Gasteiger partial charge >= 0.3 is 0 Å². The van der Waals surface area contributed by atoms with E-state index in [1.807, 2.05) is 0 Å². The number of halogens is 1. The minimum absolute atomic E-state index is 0. The molecule has 6 heavy (non-hydrogen) atoms. The Kier molecular flexibility index (Phi) is 5.76. The average molecular weight is 239 g/mol. The summed E-state index contributed by atoms with van der Waals surface area (Å²) in [6.45, 7) is 0. The molecule has 0 rings (SSSR count). The predicted octanol–water partition coefficient (Wildman–Crippen LogP) is -4.12. The van der Waals surface area contributed by atoms with E-state index in [9.17, 15) is 0 Å². The maximum atomic E-state index is 8.60. The van der Waals surface area contributed by atoms with Crippen molar-refractivity contribution in [3.05, 3.63) is 0 Å². The van der Waals surface area contributed by atoms with Gasteiger partial charge in [-0.1, -0.05) is 0 Å². The second kappa shape index (κ2) is 3.34. The Morgan fingerprint density at radius 3 is 1.17 bits per heavy atom. The van der Waals surface area contributed by atoms with E-state index in [1.54, 1.807) is 0 Å². The van der Waals surface area contributed by atoms with Crippen LogP contribution in [0.4, 0.5) is 0 Å². The molecule has 0 aromatic heterocycles. The first kappa shape index (κ1) is 10.3. The predicted molar refractivity (Wildman–Crippen MR) is 2.22 cm³/mol. The fraction of sp³-hybridized carbons (Fsp3) is 0. The van der Waals surface area contributed by atoms with Crippen LogP contribution in [0.5, 0.6) is 0 Å². The molecule has 0 aliphatic rings. The van der Waals surface area contributed by atoms with Crippen molar-refractivity contribution >= 4 is 0 Å². The monoisotopic (exact) mass is 239 g/mol. The summed E-state index contributed by atoms with van der Waals surface area (Å²) in [4.78, 5) is 0. The van der Waals surface area contributed by atoms with Gasteiger partial charge in [-0.25, -0.2) is 0 Å². The van der Waals surface area contributed by atoms with Crippen LogP contribution in [0.1, 0.15) is 0 Å². The zero-order chi connectivity index (χ0) is 4.50. The van der Waals surface area contributed by atoms with Crippen LogP contribution in [0, 0.1) is 45.8 Å². The van der Waals surface area contributed by atoms with E-state index in [0.29, 0.717) is 0 Å². The first-order chi connectivity index (χ1) is 2.00. The quantitative estimate of drug-likeness (QED) is 0.465. The molecule has 0 amide bonds. The third-order valence-electron chi connectivity index (χ3n) is 0. The zero-order valence-corrected chi connectivity index (χ0v) is 7.01. The van der Waals surface area contributed by atoms with E-state index in [0.717, 1.165) is 0 Å². The third kappa shape index (κ3) is 56.7. The standard InChI is InChI=1S/ClHO4.La/c2-1(3,4)5;/h(H,2,3,4,5);. The van der Waals surface area contributed by atoms with Crippen molar-refractivity contribution in [2.75, 3.05) is 0 Å². The molecule has 0 aromatic carbocycles. The number of rotatable bonds is 0. The van der Waals surface area contributed by atoms with Crippen LogP contribution in [-0.2, 0) is 0 Å². The van der Waals surface area contributed by atoms with Crippen molar-refractivity contribution in [2.24, 2.45) is 0 Å². The van der Waals surface area contributed by atoms with Gasteiger partial charge in [0, 0.05) is 35.6 Å². The molecule has 0 saturated carbocycles. The molecule has 0 aliphatic carbocycles. The largest absolute Gasteiger partial charge is 0.183 e. The van der Waals surface area contributed by atoms with Gasteiger partial charge in [0.1, 0.15) is 0 Å². The average Bonchev–Trinajstić information content (AvgIpc) is 0.722. The Bertz CT molecular complexity index is 23.0. The maximum absolute atomic E-state index is 8.60. The molecule has 0 spiro atoms. The van der Waals surface area contributed by atoms with Crippen molar-refractivity contribution in [3.63, 3.8) is 0 Å². The van der Waals surface area contributed by atoms with Gasteiger partial charge in [0.25, 0.3) is 0 Å². The van der Waals surface area contributed by atoms with Crippen LogP contribution in [0.3, 0.4) is 0 Å². The Labute approximate surface area is 64.1 Å². The second-order valence-electron chi connectivity index (χ2n) is 0.396. The zero-order valence-electron chi connectivity index (χ0n) is 2.63. The van der Waals surface area contributed by atoms with E-state index in [-0.39, 0.29) is 35.6 Å². The molecule has 0 unspecified atom stereocenters. The van der Waals surface area contributed by atoms with Crippen molar-refractivity contribution in [1.29, 1.82) is 0 Å². The van der Waals surface area contributed by atoms with E-state index in [2.05, 4.69) is 0 Å². The van der Waals surface area contributed by atoms with Crippen LogP contribution < -0.4 is 14.0 Å². The third-order valence-corrected chi connectivity index (χ3v) is 0. The van der Waals surface area contributed by atoms with Crippen molar-refractivity contribution in [3.8, 4) is 0 Å². The molecule has 4 nitrogen and oxygen atoms in total. The molecule has 0 fully saturated rings. The van der Waals surface area contributed by atoms with Gasteiger partial charge in [0.15, 0.2) is 0 Å². The van der Waals surface area contributed by atoms with Crippen LogP contribution in [0.2, 0.25) is 0 Å². The van der Waals surface area contributed by atoms with Gasteiger partial charge in [-0.05, 0) is 0 Å². The first-order valence-electron chi connectivity index (χ1n) is 0.632. The summed E-state index contributed by atoms with van der Waals surface area (Å²) in [6, 6.07) is 0. The number of hydrogen-bond acceptors (Lipinski definition) is 4. The normalized spacial score (nSPS) is 10.0. The van der Waals surface area contributed by atoms with Crippen molar-refractivity contribution < 1.29 is 64.5 Å². The molecule has 0 aromatic rings. The minimum Gasteiger partial charge on any atom is -0.183 e. The van der Waals surface area contributed by atoms with Gasteiger partial charge < -0.3 is 0 Å². The molecule has 0 bridgehead atoms. The summed E-state index contributed by atoms with van der Waals surface area (Å²) >= 11 is 0. The molecule has 6 heteroatoms. The van der Waals surface area contributed by atoms with E-state index >= 15 is 0 Å². The van der Waals surface area contributed by atoms with Gasteiger partial charge in [0.05, 0.1) is 14.9 Å². The van der Waals surface area contributed by atoms with E-state index in [1.165, 1.54) is 0 Å². The fourth-order valence-electron chi connectivity index (χ4n) is 0. The molecule has 1 radical (unpaired) electrons. The molecular formula is HClLaO4. The summed E-state index contributed by atoms with van der Waals surface area (Å²) in [5, 5.41) is 0. The van der Waals surface area contributed by atoms with Crippen LogP contribution in [0.25, 0.3) is 0 Å². The molecule has 0 atom stereocenters. The van der Waals surface area contributed by atoms with Gasteiger partial charge in [-0.2, -0.15) is 14.0 Å². The Balaban J connectivity index is 0. The molecular weight excluding hydrogens is 238 g/mol. The topological polar surface area (TPSA) is 89.4 Å².